The Hall–Kier alpha value is -0.840. The van der Waals surface area contributed by atoms with Crippen molar-refractivity contribution >= 4 is 21.8 Å². The lowest BCUT2D eigenvalue weighted by atomic mass is 10.3. The zero-order valence-electron chi connectivity index (χ0n) is 8.54. The maximum atomic E-state index is 11.6. The first-order valence-electron chi connectivity index (χ1n) is 4.58. The molecule has 1 N–H and O–H groups in total. The quantitative estimate of drug-likeness (QED) is 0.900. The van der Waals surface area contributed by atoms with E-state index >= 15 is 0 Å². The van der Waals surface area contributed by atoms with Gasteiger partial charge in [0.1, 0.15) is 0 Å². The summed E-state index contributed by atoms with van der Waals surface area (Å²) in [5.74, 6) is -0.140. The summed E-state index contributed by atoms with van der Waals surface area (Å²) in [7, 11) is 0. The van der Waals surface area contributed by atoms with Crippen LogP contribution in [0.4, 0.5) is 0 Å². The van der Waals surface area contributed by atoms with Crippen molar-refractivity contribution in [3.8, 4) is 0 Å². The smallest absolute Gasteiger partial charge is 0.273 e. The van der Waals surface area contributed by atoms with Crippen LogP contribution in [0.3, 0.4) is 0 Å². The van der Waals surface area contributed by atoms with E-state index in [1.54, 1.807) is 10.9 Å². The maximum absolute atomic E-state index is 11.6. The van der Waals surface area contributed by atoms with Gasteiger partial charge in [-0.15, -0.1) is 0 Å². The second kappa shape index (κ2) is 4.59. The average Bonchev–Trinajstić information content (AvgIpc) is 2.45. The van der Waals surface area contributed by atoms with Gasteiger partial charge in [-0.2, -0.15) is 5.10 Å². The third kappa shape index (κ3) is 2.57. The monoisotopic (exact) mass is 259 g/mol. The zero-order chi connectivity index (χ0) is 10.7. The molecule has 0 aliphatic carbocycles. The van der Waals surface area contributed by atoms with Gasteiger partial charge in [0.2, 0.25) is 0 Å². The lowest BCUT2D eigenvalue weighted by Gasteiger charge is -2.05. The van der Waals surface area contributed by atoms with Crippen LogP contribution in [-0.4, -0.2) is 21.7 Å². The lowest BCUT2D eigenvalue weighted by molar-refractivity contribution is 0.0936. The van der Waals surface area contributed by atoms with Crippen LogP contribution in [-0.2, 0) is 6.54 Å². The fraction of sp³-hybridized carbons (Fsp3) is 0.556. The molecule has 1 amide bonds. The summed E-state index contributed by atoms with van der Waals surface area (Å²) in [4.78, 5) is 11.6. The van der Waals surface area contributed by atoms with Gasteiger partial charge in [0.15, 0.2) is 5.69 Å². The number of nitrogens with one attached hydrogen (secondary N) is 1. The van der Waals surface area contributed by atoms with Crippen molar-refractivity contribution in [2.45, 2.75) is 33.4 Å². The third-order valence-electron chi connectivity index (χ3n) is 1.68. The molecular weight excluding hydrogens is 246 g/mol. The predicted octanol–water partition coefficient (Wildman–Crippen LogP) is 1.80. The molecule has 14 heavy (non-hydrogen) atoms. The van der Waals surface area contributed by atoms with E-state index in [0.29, 0.717) is 5.69 Å². The number of hydrogen-bond acceptors (Lipinski definition) is 2. The molecule has 5 heteroatoms. The van der Waals surface area contributed by atoms with Gasteiger partial charge in [-0.1, -0.05) is 0 Å². The molecule has 0 saturated carbocycles. The Balaban J connectivity index is 2.84. The summed E-state index contributed by atoms with van der Waals surface area (Å²) in [5, 5.41) is 6.93. The highest BCUT2D eigenvalue weighted by atomic mass is 79.9. The van der Waals surface area contributed by atoms with Gasteiger partial charge in [-0.05, 0) is 36.7 Å². The molecule has 78 valence electrons. The minimum absolute atomic E-state index is 0.126. The summed E-state index contributed by atoms with van der Waals surface area (Å²) in [5.41, 5.74) is 0.445. The Morgan fingerprint density at radius 3 is 2.79 bits per heavy atom. The molecule has 4 nitrogen and oxygen atoms in total. The number of aromatic nitrogens is 2. The number of carbonyl (C=O) groups is 1. The van der Waals surface area contributed by atoms with E-state index in [9.17, 15) is 4.79 Å². The summed E-state index contributed by atoms with van der Waals surface area (Å²) in [6.07, 6.45) is 1.80. The van der Waals surface area contributed by atoms with Gasteiger partial charge in [0.05, 0.1) is 4.47 Å². The fourth-order valence-electron chi connectivity index (χ4n) is 1.04. The topological polar surface area (TPSA) is 46.9 Å². The van der Waals surface area contributed by atoms with E-state index in [1.807, 2.05) is 20.8 Å². The summed E-state index contributed by atoms with van der Waals surface area (Å²) < 4.78 is 2.46. The van der Waals surface area contributed by atoms with Crippen LogP contribution in [0.1, 0.15) is 31.3 Å². The number of carbonyl (C=O) groups excluding carboxylic acids is 1. The van der Waals surface area contributed by atoms with Crippen molar-refractivity contribution in [2.75, 3.05) is 0 Å². The number of nitrogens with zero attached hydrogens (tertiary/aromatic N) is 2. The van der Waals surface area contributed by atoms with Crippen LogP contribution in [0.2, 0.25) is 0 Å². The molecule has 0 bridgehead atoms. The first kappa shape index (κ1) is 11.2. The molecule has 1 aromatic heterocycles. The summed E-state index contributed by atoms with van der Waals surface area (Å²) >= 11 is 3.30. The van der Waals surface area contributed by atoms with Crippen molar-refractivity contribution in [3.63, 3.8) is 0 Å². The predicted molar refractivity (Wildman–Crippen MR) is 58.2 cm³/mol. The van der Waals surface area contributed by atoms with Crippen LogP contribution in [0.5, 0.6) is 0 Å². The first-order chi connectivity index (χ1) is 6.54. The summed E-state index contributed by atoms with van der Waals surface area (Å²) in [6, 6.07) is 0.126. The second-order valence-corrected chi connectivity index (χ2v) is 4.16. The van der Waals surface area contributed by atoms with Gasteiger partial charge in [0, 0.05) is 18.8 Å². The van der Waals surface area contributed by atoms with Gasteiger partial charge in [-0.25, -0.2) is 0 Å². The Kier molecular flexibility index (Phi) is 3.69. The van der Waals surface area contributed by atoms with Crippen molar-refractivity contribution in [1.82, 2.24) is 15.1 Å². The van der Waals surface area contributed by atoms with E-state index < -0.39 is 0 Å². The van der Waals surface area contributed by atoms with E-state index in [1.165, 1.54) is 0 Å². The molecule has 1 heterocycles. The number of halogens is 1. The molecule has 0 aliphatic heterocycles. The molecule has 0 fully saturated rings. The van der Waals surface area contributed by atoms with Gasteiger partial charge in [-0.3, -0.25) is 9.48 Å². The number of rotatable bonds is 3. The molecule has 0 aliphatic rings. The largest absolute Gasteiger partial charge is 0.348 e. The number of aryl methyl sites for hydroxylation is 1. The highest BCUT2D eigenvalue weighted by Gasteiger charge is 2.14. The van der Waals surface area contributed by atoms with E-state index in [2.05, 4.69) is 26.3 Å². The van der Waals surface area contributed by atoms with E-state index in [-0.39, 0.29) is 11.9 Å². The molecule has 1 rings (SSSR count). The van der Waals surface area contributed by atoms with Crippen LogP contribution < -0.4 is 5.32 Å². The Morgan fingerprint density at radius 2 is 2.36 bits per heavy atom. The molecule has 1 aromatic rings. The first-order valence-corrected chi connectivity index (χ1v) is 5.37. The molecule has 0 aromatic carbocycles. The van der Waals surface area contributed by atoms with Crippen LogP contribution in [0.25, 0.3) is 0 Å². The Bertz CT molecular complexity index is 333. The lowest BCUT2D eigenvalue weighted by Crippen LogP contribution is -2.30. The number of hydrogen-bond donors (Lipinski definition) is 1. The van der Waals surface area contributed by atoms with Gasteiger partial charge < -0.3 is 5.32 Å². The SMILES string of the molecule is CCn1cc(Br)c(C(=O)NC(C)C)n1. The molecule has 0 atom stereocenters. The highest BCUT2D eigenvalue weighted by molar-refractivity contribution is 9.10. The maximum Gasteiger partial charge on any atom is 0.273 e. The fourth-order valence-corrected chi connectivity index (χ4v) is 1.54. The average molecular weight is 260 g/mol. The highest BCUT2D eigenvalue weighted by Crippen LogP contribution is 2.14. The third-order valence-corrected chi connectivity index (χ3v) is 2.26. The summed E-state index contributed by atoms with van der Waals surface area (Å²) in [6.45, 7) is 6.57. The van der Waals surface area contributed by atoms with Gasteiger partial charge in [0.25, 0.3) is 5.91 Å². The molecule has 0 radical (unpaired) electrons. The standard InChI is InChI=1S/C9H14BrN3O/c1-4-13-5-7(10)8(12-13)9(14)11-6(2)3/h5-6H,4H2,1-3H3,(H,11,14). The van der Waals surface area contributed by atoms with Crippen molar-refractivity contribution in [1.29, 1.82) is 0 Å². The molecule has 0 spiro atoms. The Morgan fingerprint density at radius 1 is 1.71 bits per heavy atom. The Labute approximate surface area is 91.8 Å². The van der Waals surface area contributed by atoms with E-state index in [4.69, 9.17) is 0 Å². The number of amides is 1. The van der Waals surface area contributed by atoms with Gasteiger partial charge >= 0.3 is 0 Å². The van der Waals surface area contributed by atoms with Crippen molar-refractivity contribution < 1.29 is 4.79 Å². The van der Waals surface area contributed by atoms with Crippen LogP contribution in [0.15, 0.2) is 10.7 Å². The minimum atomic E-state index is -0.140. The van der Waals surface area contributed by atoms with E-state index in [0.717, 1.165) is 11.0 Å². The van der Waals surface area contributed by atoms with Crippen LogP contribution in [0, 0.1) is 0 Å². The molecule has 0 unspecified atom stereocenters. The normalized spacial score (nSPS) is 10.6. The zero-order valence-corrected chi connectivity index (χ0v) is 10.1. The molecule has 0 saturated heterocycles. The second-order valence-electron chi connectivity index (χ2n) is 3.31. The van der Waals surface area contributed by atoms with Crippen molar-refractivity contribution in [3.05, 3.63) is 16.4 Å². The van der Waals surface area contributed by atoms with Crippen molar-refractivity contribution in [2.24, 2.45) is 0 Å². The minimum Gasteiger partial charge on any atom is -0.348 e. The van der Waals surface area contributed by atoms with Crippen LogP contribution >= 0.6 is 15.9 Å². The molecular formula is C9H14BrN3O.